The molecular weight excluding hydrogens is 463 g/mol. The Morgan fingerprint density at radius 3 is 2.97 bits per heavy atom. The second-order valence-electron chi connectivity index (χ2n) is 9.59. The topological polar surface area (TPSA) is 113 Å². The first-order valence-corrected chi connectivity index (χ1v) is 12.1. The van der Waals surface area contributed by atoms with Gasteiger partial charge in [0.1, 0.15) is 18.2 Å². The van der Waals surface area contributed by atoms with Crippen molar-refractivity contribution in [1.29, 1.82) is 5.26 Å². The monoisotopic (exact) mass is 488 g/mol. The fourth-order valence-corrected chi connectivity index (χ4v) is 5.68. The number of tetrazole rings is 1. The maximum Gasteiger partial charge on any atom is 0.231 e. The number of hydrogen-bond acceptors (Lipinski definition) is 8. The van der Waals surface area contributed by atoms with Crippen LogP contribution >= 0.6 is 0 Å². The molecule has 1 unspecified atom stereocenters. The van der Waals surface area contributed by atoms with E-state index >= 15 is 0 Å². The summed E-state index contributed by atoms with van der Waals surface area (Å²) >= 11 is 0. The summed E-state index contributed by atoms with van der Waals surface area (Å²) in [5.41, 5.74) is 4.25. The molecular formula is C25H25FN8O2. The highest BCUT2D eigenvalue weighted by atomic mass is 19.1. The van der Waals surface area contributed by atoms with Crippen molar-refractivity contribution >= 4 is 5.91 Å². The van der Waals surface area contributed by atoms with Crippen LogP contribution in [0.1, 0.15) is 46.4 Å². The molecule has 4 heterocycles. The number of halogens is 1. The molecule has 3 aromatic rings. The van der Waals surface area contributed by atoms with Gasteiger partial charge in [-0.05, 0) is 59.0 Å². The summed E-state index contributed by atoms with van der Waals surface area (Å²) in [4.78, 5) is 22.4. The van der Waals surface area contributed by atoms with Crippen LogP contribution < -0.4 is 0 Å². The highest BCUT2D eigenvalue weighted by Gasteiger charge is 2.39. The minimum Gasteiger partial charge on any atom is -0.370 e. The van der Waals surface area contributed by atoms with Crippen molar-refractivity contribution in [3.8, 4) is 11.8 Å². The third-order valence-electron chi connectivity index (χ3n) is 7.65. The number of nitriles is 1. The molecule has 3 aliphatic rings. The third-order valence-corrected chi connectivity index (χ3v) is 7.65. The smallest absolute Gasteiger partial charge is 0.231 e. The quantitative estimate of drug-likeness (QED) is 0.547. The summed E-state index contributed by atoms with van der Waals surface area (Å²) in [6.07, 6.45) is 4.55. The molecule has 0 radical (unpaired) electrons. The van der Waals surface area contributed by atoms with E-state index in [2.05, 4.69) is 25.4 Å². The van der Waals surface area contributed by atoms with E-state index in [1.54, 1.807) is 23.9 Å². The van der Waals surface area contributed by atoms with Crippen LogP contribution in [0.2, 0.25) is 0 Å². The first-order valence-electron chi connectivity index (χ1n) is 12.1. The van der Waals surface area contributed by atoms with Crippen LogP contribution in [0.5, 0.6) is 0 Å². The SMILES string of the molecule is Cc1c([C@H]2CN3CCN(C(=O)C4CCc5cc(-n6cnnn6)cnc54)C[C@@H]3CO2)ccc(F)c1C#N. The minimum atomic E-state index is -0.505. The number of hydrogen-bond donors (Lipinski definition) is 0. The van der Waals surface area contributed by atoms with Crippen LogP contribution in [0, 0.1) is 24.1 Å². The van der Waals surface area contributed by atoms with Crippen LogP contribution in [0.3, 0.4) is 0 Å². The number of piperazine rings is 1. The number of rotatable bonds is 3. The number of nitrogens with zero attached hydrogens (tertiary/aromatic N) is 8. The zero-order valence-electron chi connectivity index (χ0n) is 19.8. The van der Waals surface area contributed by atoms with Gasteiger partial charge in [-0.2, -0.15) is 9.94 Å². The summed E-state index contributed by atoms with van der Waals surface area (Å²) in [5.74, 6) is -0.626. The molecule has 0 bridgehead atoms. The molecule has 1 aliphatic carbocycles. The lowest BCUT2D eigenvalue weighted by molar-refractivity contribution is -0.141. The van der Waals surface area contributed by atoms with E-state index < -0.39 is 5.82 Å². The second kappa shape index (κ2) is 9.04. The number of carbonyl (C=O) groups excluding carboxylic acids is 1. The van der Waals surface area contributed by atoms with E-state index in [4.69, 9.17) is 4.74 Å². The van der Waals surface area contributed by atoms with Crippen LogP contribution in [0.15, 0.2) is 30.7 Å². The van der Waals surface area contributed by atoms with Crippen molar-refractivity contribution in [1.82, 2.24) is 35.0 Å². The lowest BCUT2D eigenvalue weighted by atomic mass is 9.96. The van der Waals surface area contributed by atoms with Gasteiger partial charge in [-0.15, -0.1) is 5.10 Å². The molecule has 2 saturated heterocycles. The summed E-state index contributed by atoms with van der Waals surface area (Å²) in [7, 11) is 0. The molecule has 6 rings (SSSR count). The number of aromatic nitrogens is 5. The zero-order valence-corrected chi connectivity index (χ0v) is 19.8. The lowest BCUT2D eigenvalue weighted by Gasteiger charge is -2.46. The number of carbonyl (C=O) groups is 1. The van der Waals surface area contributed by atoms with Gasteiger partial charge in [-0.1, -0.05) is 6.07 Å². The Morgan fingerprint density at radius 2 is 2.17 bits per heavy atom. The average Bonchev–Trinajstić information content (AvgIpc) is 3.58. The van der Waals surface area contributed by atoms with Gasteiger partial charge in [0.2, 0.25) is 5.91 Å². The molecule has 10 nitrogen and oxygen atoms in total. The molecule has 2 aromatic heterocycles. The summed E-state index contributed by atoms with van der Waals surface area (Å²) in [5, 5.41) is 20.6. The minimum absolute atomic E-state index is 0.0733. The molecule has 0 N–H and O–H groups in total. The number of benzene rings is 1. The summed E-state index contributed by atoms with van der Waals surface area (Å²) in [6.45, 7) is 4.88. The molecule has 2 fully saturated rings. The van der Waals surface area contributed by atoms with Crippen molar-refractivity contribution in [2.24, 2.45) is 0 Å². The Bertz CT molecular complexity index is 1350. The van der Waals surface area contributed by atoms with E-state index in [0.29, 0.717) is 31.8 Å². The van der Waals surface area contributed by atoms with Crippen molar-refractivity contribution < 1.29 is 13.9 Å². The number of pyridine rings is 1. The highest BCUT2D eigenvalue weighted by Crippen LogP contribution is 2.35. The van der Waals surface area contributed by atoms with E-state index in [1.165, 1.54) is 12.4 Å². The second-order valence-corrected chi connectivity index (χ2v) is 9.59. The predicted octanol–water partition coefficient (Wildman–Crippen LogP) is 1.69. The van der Waals surface area contributed by atoms with Crippen LogP contribution in [-0.2, 0) is 16.0 Å². The number of ether oxygens (including phenoxy) is 1. The number of amides is 1. The first-order chi connectivity index (χ1) is 17.5. The molecule has 36 heavy (non-hydrogen) atoms. The summed E-state index contributed by atoms with van der Waals surface area (Å²) < 4.78 is 21.7. The largest absolute Gasteiger partial charge is 0.370 e. The van der Waals surface area contributed by atoms with Crippen LogP contribution in [0.25, 0.3) is 5.69 Å². The van der Waals surface area contributed by atoms with Gasteiger partial charge in [0.15, 0.2) is 0 Å². The lowest BCUT2D eigenvalue weighted by Crippen LogP contribution is -2.60. The molecule has 1 amide bonds. The van der Waals surface area contributed by atoms with Crippen molar-refractivity contribution in [2.45, 2.75) is 37.8 Å². The third kappa shape index (κ3) is 3.83. The summed E-state index contributed by atoms with van der Waals surface area (Å²) in [6, 6.07) is 7.12. The Labute approximate surface area is 207 Å². The molecule has 0 saturated carbocycles. The Balaban J connectivity index is 1.12. The van der Waals surface area contributed by atoms with E-state index in [-0.39, 0.29) is 29.5 Å². The Kier molecular flexibility index (Phi) is 5.70. The van der Waals surface area contributed by atoms with Gasteiger partial charge in [0.05, 0.1) is 47.8 Å². The van der Waals surface area contributed by atoms with E-state index in [1.807, 2.05) is 17.0 Å². The maximum absolute atomic E-state index is 14.0. The molecule has 0 spiro atoms. The Morgan fingerprint density at radius 1 is 1.28 bits per heavy atom. The van der Waals surface area contributed by atoms with Gasteiger partial charge in [0.25, 0.3) is 0 Å². The average molecular weight is 489 g/mol. The predicted molar refractivity (Wildman–Crippen MR) is 124 cm³/mol. The standard InChI is InChI=1S/C25H25FN8O2/c1-15-19(4-5-22(26)21(15)9-27)23-12-32-6-7-33(11-18(32)13-36-23)25(35)20-3-2-16-8-17(10-28-24(16)20)34-14-29-30-31-34/h4-5,8,10,14,18,20,23H,2-3,6-7,11-13H2,1H3/t18-,20?,23-/m1/s1. The van der Waals surface area contributed by atoms with Gasteiger partial charge >= 0.3 is 0 Å². The van der Waals surface area contributed by atoms with E-state index in [0.717, 1.165) is 41.9 Å². The molecule has 3 atom stereocenters. The van der Waals surface area contributed by atoms with Gasteiger partial charge in [-0.3, -0.25) is 14.7 Å². The van der Waals surface area contributed by atoms with Crippen molar-refractivity contribution in [2.75, 3.05) is 32.8 Å². The fourth-order valence-electron chi connectivity index (χ4n) is 5.68. The van der Waals surface area contributed by atoms with Crippen LogP contribution in [-0.4, -0.2) is 79.7 Å². The maximum atomic E-state index is 14.0. The van der Waals surface area contributed by atoms with Crippen molar-refractivity contribution in [3.63, 3.8) is 0 Å². The number of morpholine rings is 1. The van der Waals surface area contributed by atoms with E-state index in [9.17, 15) is 14.4 Å². The normalized spacial score (nSPS) is 23.7. The zero-order chi connectivity index (χ0) is 24.8. The number of fused-ring (bicyclic) bond motifs is 2. The Hall–Kier alpha value is -3.75. The first kappa shape index (κ1) is 22.7. The highest BCUT2D eigenvalue weighted by molar-refractivity contribution is 5.84. The van der Waals surface area contributed by atoms with Crippen LogP contribution in [0.4, 0.5) is 4.39 Å². The fraction of sp³-hybridized carbons (Fsp3) is 0.440. The molecule has 1 aromatic carbocycles. The van der Waals surface area contributed by atoms with Crippen molar-refractivity contribution in [3.05, 3.63) is 64.5 Å². The van der Waals surface area contributed by atoms with Gasteiger partial charge in [0, 0.05) is 26.2 Å². The van der Waals surface area contributed by atoms with Gasteiger partial charge in [-0.25, -0.2) is 4.39 Å². The van der Waals surface area contributed by atoms with Gasteiger partial charge < -0.3 is 9.64 Å². The molecule has 2 aliphatic heterocycles. The number of aryl methyl sites for hydroxylation is 1. The molecule has 11 heteroatoms. The molecule has 184 valence electrons.